The van der Waals surface area contributed by atoms with Gasteiger partial charge in [0.15, 0.2) is 0 Å². The number of hydrogen-bond donors (Lipinski definition) is 1. The van der Waals surface area contributed by atoms with Gasteiger partial charge in [0.25, 0.3) is 5.91 Å². The van der Waals surface area contributed by atoms with Crippen molar-refractivity contribution in [2.75, 3.05) is 48.4 Å². The minimum absolute atomic E-state index is 0. The number of amides is 3. The molecule has 3 amide bonds. The van der Waals surface area contributed by atoms with Gasteiger partial charge in [-0.1, -0.05) is 25.6 Å². The van der Waals surface area contributed by atoms with Gasteiger partial charge in [-0.25, -0.2) is 9.78 Å². The predicted octanol–water partition coefficient (Wildman–Crippen LogP) is 4.86. The second-order valence-electron chi connectivity index (χ2n) is 10.2. The van der Waals surface area contributed by atoms with Gasteiger partial charge in [-0.15, -0.1) is 0 Å². The molecular formula is C31H34N6O3. The Balaban J connectivity index is 0.00000323. The van der Waals surface area contributed by atoms with E-state index >= 15 is 0 Å². The topological polar surface area (TPSA) is 102 Å². The van der Waals surface area contributed by atoms with Crippen LogP contribution in [0.2, 0.25) is 0 Å². The summed E-state index contributed by atoms with van der Waals surface area (Å²) in [6, 6.07) is 17.6. The Morgan fingerprint density at radius 3 is 2.60 bits per heavy atom. The Kier molecular flexibility index (Phi) is 7.60. The Bertz CT molecular complexity index is 1470. The van der Waals surface area contributed by atoms with Crippen molar-refractivity contribution in [3.63, 3.8) is 0 Å². The third kappa shape index (κ3) is 4.93. The zero-order chi connectivity index (χ0) is 26.9. The third-order valence-electron chi connectivity index (χ3n) is 8.04. The lowest BCUT2D eigenvalue weighted by atomic mass is 10.0. The normalized spacial score (nSPS) is 16.7. The molecule has 6 rings (SSSR count). The maximum atomic E-state index is 13.6. The van der Waals surface area contributed by atoms with Gasteiger partial charge >= 0.3 is 6.03 Å². The van der Waals surface area contributed by atoms with Crippen LogP contribution in [0.5, 0.6) is 5.75 Å². The van der Waals surface area contributed by atoms with Gasteiger partial charge in [-0.2, -0.15) is 5.26 Å². The maximum absolute atomic E-state index is 13.6. The number of piperidine rings is 1. The summed E-state index contributed by atoms with van der Waals surface area (Å²) in [7, 11) is 1.64. The Labute approximate surface area is 235 Å². The molecule has 4 heterocycles. The summed E-state index contributed by atoms with van der Waals surface area (Å²) in [6.45, 7) is 2.64. The summed E-state index contributed by atoms with van der Waals surface area (Å²) in [6.07, 6.45) is 4.64. The number of carbonyl (C=O) groups excluding carboxylic acids is 2. The SMILES string of the molecule is C.COc1ccc2c(c1)CCN(C1CCN(c3cc(C(=O)N4CCc5ccccc54)c(C#N)cn3)CC1)C(=O)N2. The molecule has 1 aromatic heterocycles. The molecule has 3 aromatic rings. The number of urea groups is 1. The molecule has 9 nitrogen and oxygen atoms in total. The molecule has 1 fully saturated rings. The zero-order valence-electron chi connectivity index (χ0n) is 21.9. The monoisotopic (exact) mass is 538 g/mol. The number of para-hydroxylation sites is 1. The summed E-state index contributed by atoms with van der Waals surface area (Å²) in [4.78, 5) is 37.0. The molecule has 0 radical (unpaired) electrons. The van der Waals surface area contributed by atoms with E-state index in [9.17, 15) is 14.9 Å². The van der Waals surface area contributed by atoms with Gasteiger partial charge in [0.1, 0.15) is 17.6 Å². The lowest BCUT2D eigenvalue weighted by molar-refractivity contribution is 0.0989. The number of fused-ring (bicyclic) bond motifs is 2. The van der Waals surface area contributed by atoms with Crippen LogP contribution in [0.25, 0.3) is 0 Å². The van der Waals surface area contributed by atoms with E-state index in [4.69, 9.17) is 4.74 Å². The molecule has 2 aromatic carbocycles. The molecular weight excluding hydrogens is 504 g/mol. The number of ether oxygens (including phenoxy) is 1. The molecule has 40 heavy (non-hydrogen) atoms. The number of nitrogens with one attached hydrogen (secondary N) is 1. The number of carbonyl (C=O) groups is 2. The second kappa shape index (κ2) is 11.3. The maximum Gasteiger partial charge on any atom is 0.322 e. The molecule has 0 spiro atoms. The molecule has 0 atom stereocenters. The van der Waals surface area contributed by atoms with E-state index in [-0.39, 0.29) is 31.0 Å². The van der Waals surface area contributed by atoms with Crippen molar-refractivity contribution in [1.82, 2.24) is 9.88 Å². The van der Waals surface area contributed by atoms with Crippen molar-refractivity contribution in [3.8, 4) is 11.8 Å². The zero-order valence-corrected chi connectivity index (χ0v) is 21.9. The van der Waals surface area contributed by atoms with Crippen LogP contribution >= 0.6 is 0 Å². The van der Waals surface area contributed by atoms with Gasteiger partial charge in [0, 0.05) is 49.8 Å². The first-order valence-corrected chi connectivity index (χ1v) is 13.3. The minimum atomic E-state index is -0.174. The van der Waals surface area contributed by atoms with E-state index in [2.05, 4.69) is 21.3 Å². The molecule has 0 unspecified atom stereocenters. The lowest BCUT2D eigenvalue weighted by Gasteiger charge is -2.38. The number of hydrogen-bond acceptors (Lipinski definition) is 6. The van der Waals surface area contributed by atoms with Crippen LogP contribution in [0, 0.1) is 11.3 Å². The molecule has 1 N–H and O–H groups in total. The molecule has 1 saturated heterocycles. The van der Waals surface area contributed by atoms with E-state index in [1.165, 1.54) is 6.20 Å². The van der Waals surface area contributed by atoms with Crippen molar-refractivity contribution >= 4 is 29.1 Å². The molecule has 3 aliphatic heterocycles. The highest BCUT2D eigenvalue weighted by atomic mass is 16.5. The molecule has 3 aliphatic rings. The van der Waals surface area contributed by atoms with Gasteiger partial charge in [-0.05, 0) is 67.1 Å². The summed E-state index contributed by atoms with van der Waals surface area (Å²) < 4.78 is 5.35. The van der Waals surface area contributed by atoms with E-state index in [0.717, 1.165) is 53.9 Å². The van der Waals surface area contributed by atoms with Crippen LogP contribution in [-0.2, 0) is 12.8 Å². The highest BCUT2D eigenvalue weighted by molar-refractivity contribution is 6.09. The van der Waals surface area contributed by atoms with Crippen LogP contribution < -0.4 is 19.9 Å². The third-order valence-corrected chi connectivity index (χ3v) is 8.04. The Morgan fingerprint density at radius 2 is 1.82 bits per heavy atom. The average Bonchev–Trinajstić information content (AvgIpc) is 3.34. The fourth-order valence-electron chi connectivity index (χ4n) is 5.89. The Hall–Kier alpha value is -4.58. The van der Waals surface area contributed by atoms with Gasteiger partial charge < -0.3 is 24.8 Å². The van der Waals surface area contributed by atoms with Crippen molar-refractivity contribution in [3.05, 3.63) is 77.0 Å². The Morgan fingerprint density at radius 1 is 1.05 bits per heavy atom. The van der Waals surface area contributed by atoms with Gasteiger partial charge in [0.05, 0.1) is 18.2 Å². The smallest absolute Gasteiger partial charge is 0.322 e. The van der Waals surface area contributed by atoms with Crippen LogP contribution in [0.4, 0.5) is 22.0 Å². The predicted molar refractivity (Wildman–Crippen MR) is 155 cm³/mol. The highest BCUT2D eigenvalue weighted by Crippen LogP contribution is 2.31. The van der Waals surface area contributed by atoms with E-state index in [1.54, 1.807) is 18.1 Å². The number of nitrogens with zero attached hydrogens (tertiary/aromatic N) is 5. The largest absolute Gasteiger partial charge is 0.497 e. The quantitative estimate of drug-likeness (QED) is 0.509. The van der Waals surface area contributed by atoms with Crippen LogP contribution in [0.1, 0.15) is 47.3 Å². The summed E-state index contributed by atoms with van der Waals surface area (Å²) in [5, 5.41) is 12.8. The molecule has 0 bridgehead atoms. The first-order valence-electron chi connectivity index (χ1n) is 13.3. The summed E-state index contributed by atoms with van der Waals surface area (Å²) in [5.74, 6) is 1.29. The fourth-order valence-corrected chi connectivity index (χ4v) is 5.89. The highest BCUT2D eigenvalue weighted by Gasteiger charge is 2.32. The van der Waals surface area contributed by atoms with E-state index in [1.807, 2.05) is 47.4 Å². The second-order valence-corrected chi connectivity index (χ2v) is 10.2. The number of nitriles is 1. The lowest BCUT2D eigenvalue weighted by Crippen LogP contribution is -2.49. The van der Waals surface area contributed by atoms with Crippen LogP contribution in [0.3, 0.4) is 0 Å². The first-order chi connectivity index (χ1) is 19.1. The molecule has 206 valence electrons. The number of pyridine rings is 1. The summed E-state index contributed by atoms with van der Waals surface area (Å²) >= 11 is 0. The van der Waals surface area contributed by atoms with Crippen molar-refractivity contribution in [2.45, 2.75) is 39.2 Å². The van der Waals surface area contributed by atoms with Crippen LogP contribution in [-0.4, -0.2) is 61.2 Å². The van der Waals surface area contributed by atoms with E-state index in [0.29, 0.717) is 37.6 Å². The average molecular weight is 539 g/mol. The van der Waals surface area contributed by atoms with Gasteiger partial charge in [-0.3, -0.25) is 4.79 Å². The molecule has 9 heteroatoms. The van der Waals surface area contributed by atoms with E-state index < -0.39 is 0 Å². The number of rotatable bonds is 4. The minimum Gasteiger partial charge on any atom is -0.497 e. The summed E-state index contributed by atoms with van der Waals surface area (Å²) in [5.41, 5.74) is 4.60. The number of methoxy groups -OCH3 is 1. The van der Waals surface area contributed by atoms with Crippen LogP contribution in [0.15, 0.2) is 54.7 Å². The standard InChI is InChI=1S/C30H30N6O3.CH4/c1-39-24-6-7-26-21(16-24)9-14-35(30(38)33-26)23-10-12-34(13-11-23)28-17-25(22(18-31)19-32-28)29(37)36-15-8-20-4-2-3-5-27(20)36;/h2-7,16-17,19,23H,8-15H2,1H3,(H,33,38);1H4. The number of benzene rings is 2. The molecule has 0 aliphatic carbocycles. The fraction of sp³-hybridized carbons (Fsp3) is 0.355. The van der Waals surface area contributed by atoms with Gasteiger partial charge in [0.2, 0.25) is 0 Å². The van der Waals surface area contributed by atoms with Crippen molar-refractivity contribution < 1.29 is 14.3 Å². The van der Waals surface area contributed by atoms with Crippen molar-refractivity contribution in [1.29, 1.82) is 5.26 Å². The number of aromatic nitrogens is 1. The molecule has 0 saturated carbocycles. The number of anilines is 3. The first kappa shape index (κ1) is 27.0. The van der Waals surface area contributed by atoms with Crippen molar-refractivity contribution in [2.24, 2.45) is 0 Å².